The van der Waals surface area contributed by atoms with Gasteiger partial charge in [0.2, 0.25) is 0 Å². The van der Waals surface area contributed by atoms with Crippen LogP contribution >= 0.6 is 0 Å². The summed E-state index contributed by atoms with van der Waals surface area (Å²) in [6.07, 6.45) is 2.84. The molecule has 0 saturated heterocycles. The molecule has 0 amide bonds. The van der Waals surface area contributed by atoms with Gasteiger partial charge in [-0.3, -0.25) is 9.59 Å². The first-order valence-corrected chi connectivity index (χ1v) is 11.1. The number of hydrogen-bond acceptors (Lipinski definition) is 8. The molecule has 174 valence electrons. The van der Waals surface area contributed by atoms with Gasteiger partial charge in [0.15, 0.2) is 0 Å². The second-order valence-electron chi connectivity index (χ2n) is 7.60. The lowest BCUT2D eigenvalue weighted by molar-refractivity contribution is -0.144. The van der Waals surface area contributed by atoms with Crippen LogP contribution in [0.25, 0.3) is 0 Å². The zero-order valence-corrected chi connectivity index (χ0v) is 19.3. The van der Waals surface area contributed by atoms with E-state index in [1.54, 1.807) is 19.9 Å². The van der Waals surface area contributed by atoms with E-state index >= 15 is 0 Å². The molecular weight excluding hydrogens is 398 g/mol. The first-order chi connectivity index (χ1) is 14.9. The van der Waals surface area contributed by atoms with E-state index < -0.39 is 0 Å². The van der Waals surface area contributed by atoms with Crippen molar-refractivity contribution in [2.75, 3.05) is 37.8 Å². The highest BCUT2D eigenvalue weighted by Crippen LogP contribution is 2.33. The van der Waals surface area contributed by atoms with Crippen molar-refractivity contribution >= 4 is 23.3 Å². The third-order valence-electron chi connectivity index (χ3n) is 4.61. The first-order valence-electron chi connectivity index (χ1n) is 11.1. The fourth-order valence-corrected chi connectivity index (χ4v) is 2.98. The summed E-state index contributed by atoms with van der Waals surface area (Å²) in [6, 6.07) is 5.52. The normalized spacial score (nSPS) is 10.6. The quantitative estimate of drug-likeness (QED) is 0.280. The lowest BCUT2D eigenvalue weighted by atomic mass is 10.1. The van der Waals surface area contributed by atoms with E-state index in [1.165, 1.54) is 0 Å². The van der Waals surface area contributed by atoms with Crippen molar-refractivity contribution in [2.24, 2.45) is 11.0 Å². The Morgan fingerprint density at radius 2 is 1.61 bits per heavy atom. The number of hydrogen-bond donors (Lipinski definition) is 1. The van der Waals surface area contributed by atoms with Gasteiger partial charge in [-0.1, -0.05) is 13.8 Å². The first kappa shape index (κ1) is 26.4. The summed E-state index contributed by atoms with van der Waals surface area (Å²) in [5.41, 5.74) is 8.79. The summed E-state index contributed by atoms with van der Waals surface area (Å²) < 4.78 is 15.9. The molecule has 0 aliphatic rings. The Kier molecular flexibility index (Phi) is 12.9. The Morgan fingerprint density at radius 1 is 1.03 bits per heavy atom. The van der Waals surface area contributed by atoms with E-state index in [-0.39, 0.29) is 11.9 Å². The molecule has 0 radical (unpaired) electrons. The van der Waals surface area contributed by atoms with Gasteiger partial charge >= 0.3 is 11.9 Å². The SMILES string of the molecule is CCOC(=O)CCCN(CCCC(=O)OCC)c1ccc(N=N)c(OCCC(C)C)c1. The molecule has 1 aromatic carbocycles. The predicted octanol–water partition coefficient (Wildman–Crippen LogP) is 5.27. The maximum atomic E-state index is 11.7. The largest absolute Gasteiger partial charge is 0.491 e. The smallest absolute Gasteiger partial charge is 0.305 e. The fraction of sp³-hybridized carbons (Fsp3) is 0.652. The molecule has 0 fully saturated rings. The number of benzene rings is 1. The van der Waals surface area contributed by atoms with Crippen LogP contribution in [-0.2, 0) is 19.1 Å². The van der Waals surface area contributed by atoms with Gasteiger partial charge in [0, 0.05) is 37.7 Å². The highest BCUT2D eigenvalue weighted by molar-refractivity contribution is 5.70. The van der Waals surface area contributed by atoms with Crippen LogP contribution in [0.15, 0.2) is 23.3 Å². The topological polar surface area (TPSA) is 101 Å². The molecule has 0 aromatic heterocycles. The maximum Gasteiger partial charge on any atom is 0.305 e. The van der Waals surface area contributed by atoms with E-state index in [1.807, 2.05) is 12.1 Å². The summed E-state index contributed by atoms with van der Waals surface area (Å²) in [5, 5.41) is 3.56. The Balaban J connectivity index is 2.88. The van der Waals surface area contributed by atoms with Crippen molar-refractivity contribution < 1.29 is 23.8 Å². The van der Waals surface area contributed by atoms with Crippen LogP contribution in [0.2, 0.25) is 0 Å². The molecule has 1 aromatic rings. The molecule has 0 bridgehead atoms. The number of esters is 2. The molecule has 0 unspecified atom stereocenters. The van der Waals surface area contributed by atoms with Gasteiger partial charge in [0.05, 0.1) is 19.8 Å². The van der Waals surface area contributed by atoms with Gasteiger partial charge in [-0.2, -0.15) is 5.11 Å². The van der Waals surface area contributed by atoms with E-state index in [0.717, 1.165) is 12.1 Å². The van der Waals surface area contributed by atoms with Gasteiger partial charge in [-0.25, -0.2) is 5.53 Å². The predicted molar refractivity (Wildman–Crippen MR) is 120 cm³/mol. The standard InChI is InChI=1S/C23H37N3O5/c1-5-29-22(27)9-7-14-26(15-8-10-23(28)30-6-2)19-11-12-20(25-24)21(17-19)31-16-13-18(3)4/h11-12,17-18,24H,5-10,13-16H2,1-4H3. The zero-order valence-electron chi connectivity index (χ0n) is 19.3. The Bertz CT molecular complexity index is 670. The molecule has 1 N–H and O–H groups in total. The van der Waals surface area contributed by atoms with Crippen molar-refractivity contribution in [3.05, 3.63) is 18.2 Å². The Labute approximate surface area is 185 Å². The number of carbonyl (C=O) groups is 2. The lowest BCUT2D eigenvalue weighted by Gasteiger charge is -2.25. The van der Waals surface area contributed by atoms with E-state index in [0.29, 0.717) is 75.9 Å². The van der Waals surface area contributed by atoms with Gasteiger partial charge in [-0.15, -0.1) is 0 Å². The molecule has 0 aliphatic heterocycles. The second-order valence-corrected chi connectivity index (χ2v) is 7.60. The van der Waals surface area contributed by atoms with Crippen LogP contribution in [0.4, 0.5) is 11.4 Å². The number of carbonyl (C=O) groups excluding carboxylic acids is 2. The minimum Gasteiger partial charge on any atom is -0.491 e. The van der Waals surface area contributed by atoms with Crippen LogP contribution in [0.5, 0.6) is 5.75 Å². The third-order valence-corrected chi connectivity index (χ3v) is 4.61. The molecule has 1 rings (SSSR count). The highest BCUT2D eigenvalue weighted by Gasteiger charge is 2.13. The van der Waals surface area contributed by atoms with Crippen molar-refractivity contribution in [3.63, 3.8) is 0 Å². The number of ether oxygens (including phenoxy) is 3. The average Bonchev–Trinajstić information content (AvgIpc) is 2.72. The minimum absolute atomic E-state index is 0.213. The number of anilines is 1. The monoisotopic (exact) mass is 435 g/mol. The second kappa shape index (κ2) is 15.2. The van der Waals surface area contributed by atoms with Crippen molar-refractivity contribution in [2.45, 2.75) is 59.8 Å². The number of nitrogens with one attached hydrogen (secondary N) is 1. The summed E-state index contributed by atoms with van der Waals surface area (Å²) >= 11 is 0. The molecular formula is C23H37N3O5. The Morgan fingerprint density at radius 3 is 2.10 bits per heavy atom. The average molecular weight is 436 g/mol. The molecule has 0 heterocycles. The van der Waals surface area contributed by atoms with E-state index in [2.05, 4.69) is 23.9 Å². The van der Waals surface area contributed by atoms with Crippen molar-refractivity contribution in [3.8, 4) is 5.75 Å². The van der Waals surface area contributed by atoms with Crippen LogP contribution in [0.3, 0.4) is 0 Å². The zero-order chi connectivity index (χ0) is 23.1. The van der Waals surface area contributed by atoms with Gasteiger partial charge in [0.25, 0.3) is 0 Å². The summed E-state index contributed by atoms with van der Waals surface area (Å²) in [6.45, 7) is 10.4. The van der Waals surface area contributed by atoms with Crippen LogP contribution in [0, 0.1) is 11.4 Å². The van der Waals surface area contributed by atoms with Crippen LogP contribution in [0.1, 0.15) is 59.8 Å². The number of nitrogens with zero attached hydrogens (tertiary/aromatic N) is 2. The summed E-state index contributed by atoms with van der Waals surface area (Å²) in [7, 11) is 0. The molecule has 0 spiro atoms. The molecule has 31 heavy (non-hydrogen) atoms. The number of rotatable bonds is 16. The fourth-order valence-electron chi connectivity index (χ4n) is 2.98. The van der Waals surface area contributed by atoms with Crippen molar-refractivity contribution in [1.29, 1.82) is 5.53 Å². The van der Waals surface area contributed by atoms with E-state index in [9.17, 15) is 9.59 Å². The van der Waals surface area contributed by atoms with Crippen LogP contribution < -0.4 is 9.64 Å². The highest BCUT2D eigenvalue weighted by atomic mass is 16.5. The molecule has 0 saturated carbocycles. The molecule has 0 aliphatic carbocycles. The summed E-state index contributed by atoms with van der Waals surface area (Å²) in [4.78, 5) is 25.5. The van der Waals surface area contributed by atoms with Gasteiger partial charge in [-0.05, 0) is 51.2 Å². The third kappa shape index (κ3) is 10.8. The van der Waals surface area contributed by atoms with Gasteiger partial charge < -0.3 is 19.1 Å². The molecule has 8 nitrogen and oxygen atoms in total. The van der Waals surface area contributed by atoms with E-state index in [4.69, 9.17) is 19.7 Å². The maximum absolute atomic E-state index is 11.7. The van der Waals surface area contributed by atoms with Crippen LogP contribution in [-0.4, -0.2) is 44.8 Å². The molecule has 8 heteroatoms. The van der Waals surface area contributed by atoms with Gasteiger partial charge in [0.1, 0.15) is 11.4 Å². The summed E-state index contributed by atoms with van der Waals surface area (Å²) in [5.74, 6) is 0.654. The van der Waals surface area contributed by atoms with Crippen molar-refractivity contribution in [1.82, 2.24) is 0 Å². The molecule has 0 atom stereocenters. The minimum atomic E-state index is -0.213. The Hall–Kier alpha value is -2.64. The lowest BCUT2D eigenvalue weighted by Crippen LogP contribution is -2.27.